The van der Waals surface area contributed by atoms with Crippen molar-refractivity contribution in [3.8, 4) is 5.75 Å². The lowest BCUT2D eigenvalue weighted by Crippen LogP contribution is -2.53. The monoisotopic (exact) mass is 551 g/mol. The molecule has 39 heavy (non-hydrogen) atoms. The first-order chi connectivity index (χ1) is 18.5. The van der Waals surface area contributed by atoms with E-state index < -0.39 is 28.5 Å². The van der Waals surface area contributed by atoms with Gasteiger partial charge in [-0.3, -0.25) is 13.9 Å². The fraction of sp³-hybridized carbons (Fsp3) is 0.333. The molecule has 0 fully saturated rings. The van der Waals surface area contributed by atoms with E-state index in [9.17, 15) is 18.0 Å². The number of carbonyl (C=O) groups is 2. The number of rotatable bonds is 12. The molecule has 1 N–H and O–H groups in total. The van der Waals surface area contributed by atoms with Crippen molar-refractivity contribution >= 4 is 27.5 Å². The van der Waals surface area contributed by atoms with Crippen molar-refractivity contribution in [1.82, 2.24) is 10.2 Å². The van der Waals surface area contributed by atoms with Crippen molar-refractivity contribution in [1.29, 1.82) is 0 Å². The van der Waals surface area contributed by atoms with E-state index in [1.54, 1.807) is 43.3 Å². The van der Waals surface area contributed by atoms with Crippen LogP contribution in [0.15, 0.2) is 83.8 Å². The molecule has 1 atom stereocenters. The fourth-order valence-electron chi connectivity index (χ4n) is 4.11. The second-order valence-electron chi connectivity index (χ2n) is 9.69. The number of benzene rings is 3. The molecule has 3 aromatic carbocycles. The summed E-state index contributed by atoms with van der Waals surface area (Å²) in [5.74, 6) is -0.341. The minimum Gasteiger partial charge on any atom is -0.497 e. The van der Waals surface area contributed by atoms with Crippen LogP contribution in [-0.4, -0.2) is 57.4 Å². The van der Waals surface area contributed by atoms with E-state index in [0.717, 1.165) is 15.4 Å². The van der Waals surface area contributed by atoms with Crippen LogP contribution in [0.2, 0.25) is 0 Å². The van der Waals surface area contributed by atoms with Crippen LogP contribution in [-0.2, 0) is 26.0 Å². The predicted molar refractivity (Wildman–Crippen MR) is 153 cm³/mol. The van der Waals surface area contributed by atoms with E-state index in [1.165, 1.54) is 24.1 Å². The third-order valence-electron chi connectivity index (χ3n) is 6.31. The van der Waals surface area contributed by atoms with Crippen molar-refractivity contribution in [2.45, 2.75) is 51.1 Å². The summed E-state index contributed by atoms with van der Waals surface area (Å²) in [7, 11) is -2.64. The van der Waals surface area contributed by atoms with Crippen LogP contribution in [0.5, 0.6) is 5.75 Å². The number of hydrogen-bond donors (Lipinski definition) is 1. The van der Waals surface area contributed by atoms with Gasteiger partial charge < -0.3 is 15.0 Å². The number of anilines is 1. The molecular weight excluding hydrogens is 514 g/mol. The second kappa shape index (κ2) is 13.3. The smallest absolute Gasteiger partial charge is 0.264 e. The summed E-state index contributed by atoms with van der Waals surface area (Å²) in [6.45, 7) is 6.97. The number of hydrogen-bond acceptors (Lipinski definition) is 5. The SMILES string of the molecule is COc1cccc(N(CC(=O)N(CCc2ccccc2)[C@H](C)C(=O)NC(C)C)S(=O)(=O)c2ccc(C)cc2)c1. The average molecular weight is 552 g/mol. The Morgan fingerprint density at radius 1 is 0.923 bits per heavy atom. The van der Waals surface area contributed by atoms with Crippen molar-refractivity contribution in [3.63, 3.8) is 0 Å². The van der Waals surface area contributed by atoms with Crippen LogP contribution in [0, 0.1) is 6.92 Å². The molecule has 0 aromatic heterocycles. The molecule has 9 heteroatoms. The molecule has 3 aromatic rings. The Hall–Kier alpha value is -3.85. The topological polar surface area (TPSA) is 96.0 Å². The van der Waals surface area contributed by atoms with Crippen LogP contribution in [0.1, 0.15) is 31.9 Å². The quantitative estimate of drug-likeness (QED) is 0.364. The molecule has 0 aliphatic rings. The first-order valence-corrected chi connectivity index (χ1v) is 14.3. The van der Waals surface area contributed by atoms with E-state index in [2.05, 4.69) is 5.32 Å². The van der Waals surface area contributed by atoms with Gasteiger partial charge in [-0.1, -0.05) is 54.1 Å². The Morgan fingerprint density at radius 2 is 1.59 bits per heavy atom. The standard InChI is InChI=1S/C30H37N3O5S/c1-22(2)31-30(35)24(4)32(19-18-25-10-7-6-8-11-25)29(34)21-33(26-12-9-13-27(20-26)38-5)39(36,37)28-16-14-23(3)15-17-28/h6-17,20,22,24H,18-19,21H2,1-5H3,(H,31,35)/t24-/m1/s1. The number of ether oxygens (including phenoxy) is 1. The number of methoxy groups -OCH3 is 1. The molecule has 0 spiro atoms. The summed E-state index contributed by atoms with van der Waals surface area (Å²) < 4.78 is 34.1. The van der Waals surface area contributed by atoms with Gasteiger partial charge in [0.1, 0.15) is 18.3 Å². The van der Waals surface area contributed by atoms with Crippen LogP contribution in [0.25, 0.3) is 0 Å². The summed E-state index contributed by atoms with van der Waals surface area (Å²) >= 11 is 0. The van der Waals surface area contributed by atoms with Gasteiger partial charge >= 0.3 is 0 Å². The summed E-state index contributed by atoms with van der Waals surface area (Å²) in [6, 6.07) is 21.7. The largest absolute Gasteiger partial charge is 0.497 e. The zero-order valence-electron chi connectivity index (χ0n) is 23.1. The van der Waals surface area contributed by atoms with Crippen LogP contribution in [0.3, 0.4) is 0 Å². The third kappa shape index (κ3) is 7.83. The second-order valence-corrected chi connectivity index (χ2v) is 11.6. The molecule has 208 valence electrons. The van der Waals surface area contributed by atoms with E-state index in [4.69, 9.17) is 4.74 Å². The van der Waals surface area contributed by atoms with Gasteiger partial charge in [0.2, 0.25) is 11.8 Å². The molecule has 0 unspecified atom stereocenters. The van der Waals surface area contributed by atoms with Crippen molar-refractivity contribution in [2.24, 2.45) is 0 Å². The normalized spacial score (nSPS) is 12.1. The molecule has 2 amide bonds. The predicted octanol–water partition coefficient (Wildman–Crippen LogP) is 4.18. The number of amides is 2. The summed E-state index contributed by atoms with van der Waals surface area (Å²) in [5.41, 5.74) is 2.20. The molecule has 0 saturated heterocycles. The maximum absolute atomic E-state index is 13.9. The third-order valence-corrected chi connectivity index (χ3v) is 8.10. The Kier molecular flexibility index (Phi) is 10.1. The van der Waals surface area contributed by atoms with Crippen molar-refractivity contribution < 1.29 is 22.7 Å². The molecule has 0 aliphatic heterocycles. The lowest BCUT2D eigenvalue weighted by molar-refractivity contribution is -0.139. The number of carbonyl (C=O) groups excluding carboxylic acids is 2. The van der Waals surface area contributed by atoms with Crippen LogP contribution in [0.4, 0.5) is 5.69 Å². The Bertz CT molecular complexity index is 1360. The van der Waals surface area contributed by atoms with E-state index in [-0.39, 0.29) is 29.1 Å². The first kappa shape index (κ1) is 29.7. The summed E-state index contributed by atoms with van der Waals surface area (Å²) in [4.78, 5) is 28.3. The van der Waals surface area contributed by atoms with Gasteiger partial charge in [0, 0.05) is 18.7 Å². The van der Waals surface area contributed by atoms with Crippen LogP contribution >= 0.6 is 0 Å². The van der Waals surface area contributed by atoms with Gasteiger partial charge in [-0.05, 0) is 63.9 Å². The zero-order valence-corrected chi connectivity index (χ0v) is 23.9. The van der Waals surface area contributed by atoms with Gasteiger partial charge in [-0.25, -0.2) is 8.42 Å². The number of nitrogens with one attached hydrogen (secondary N) is 1. The van der Waals surface area contributed by atoms with Crippen LogP contribution < -0.4 is 14.4 Å². The first-order valence-electron chi connectivity index (χ1n) is 12.9. The molecule has 0 radical (unpaired) electrons. The molecular formula is C30H37N3O5S. The lowest BCUT2D eigenvalue weighted by Gasteiger charge is -2.32. The fourth-order valence-corrected chi connectivity index (χ4v) is 5.51. The molecule has 0 aliphatic carbocycles. The van der Waals surface area contributed by atoms with E-state index in [0.29, 0.717) is 12.2 Å². The average Bonchev–Trinajstić information content (AvgIpc) is 2.92. The van der Waals surface area contributed by atoms with Crippen molar-refractivity contribution in [3.05, 3.63) is 90.0 Å². The molecule has 0 bridgehead atoms. The highest BCUT2D eigenvalue weighted by Gasteiger charge is 2.32. The molecule has 0 heterocycles. The number of nitrogens with zero attached hydrogens (tertiary/aromatic N) is 2. The maximum atomic E-state index is 13.9. The van der Waals surface area contributed by atoms with E-state index >= 15 is 0 Å². The lowest BCUT2D eigenvalue weighted by atomic mass is 10.1. The number of aryl methyl sites for hydroxylation is 1. The Balaban J connectivity index is 2.00. The van der Waals surface area contributed by atoms with Crippen molar-refractivity contribution in [2.75, 3.05) is 24.5 Å². The highest BCUT2D eigenvalue weighted by Crippen LogP contribution is 2.27. The zero-order chi connectivity index (χ0) is 28.6. The highest BCUT2D eigenvalue weighted by molar-refractivity contribution is 7.92. The van der Waals surface area contributed by atoms with Gasteiger partial charge in [0.25, 0.3) is 10.0 Å². The van der Waals surface area contributed by atoms with Gasteiger partial charge in [-0.15, -0.1) is 0 Å². The molecule has 3 rings (SSSR count). The Labute approximate surface area is 231 Å². The summed E-state index contributed by atoms with van der Waals surface area (Å²) in [6.07, 6.45) is 0.510. The Morgan fingerprint density at radius 3 is 2.21 bits per heavy atom. The molecule has 0 saturated carbocycles. The number of sulfonamides is 1. The van der Waals surface area contributed by atoms with Gasteiger partial charge in [0.15, 0.2) is 0 Å². The maximum Gasteiger partial charge on any atom is 0.264 e. The molecule has 8 nitrogen and oxygen atoms in total. The van der Waals surface area contributed by atoms with E-state index in [1.807, 2.05) is 51.1 Å². The highest BCUT2D eigenvalue weighted by atomic mass is 32.2. The van der Waals surface area contributed by atoms with Gasteiger partial charge in [-0.2, -0.15) is 0 Å². The van der Waals surface area contributed by atoms with Gasteiger partial charge in [0.05, 0.1) is 17.7 Å². The minimum absolute atomic E-state index is 0.0603. The minimum atomic E-state index is -4.13. The summed E-state index contributed by atoms with van der Waals surface area (Å²) in [5, 5.41) is 2.86.